The molecule has 23 heavy (non-hydrogen) atoms. The molecule has 0 aliphatic carbocycles. The normalized spacial score (nSPS) is 9.70. The lowest BCUT2D eigenvalue weighted by Crippen LogP contribution is -2.42. The number of nitriles is 1. The molecule has 1 aromatic carbocycles. The number of carbonyl (C=O) groups is 2. The van der Waals surface area contributed by atoms with Crippen LogP contribution in [0.3, 0.4) is 0 Å². The molecule has 0 unspecified atom stereocenters. The Morgan fingerprint density at radius 1 is 1.22 bits per heavy atom. The van der Waals surface area contributed by atoms with Gasteiger partial charge in [-0.3, -0.25) is 10.1 Å². The van der Waals surface area contributed by atoms with Crippen LogP contribution in [0.4, 0.5) is 4.79 Å². The molecule has 2 N–H and O–H groups in total. The van der Waals surface area contributed by atoms with Crippen molar-refractivity contribution in [3.05, 3.63) is 52.2 Å². The predicted molar refractivity (Wildman–Crippen MR) is 86.2 cm³/mol. The van der Waals surface area contributed by atoms with Gasteiger partial charge in [0.05, 0.1) is 5.56 Å². The minimum absolute atomic E-state index is 0.309. The summed E-state index contributed by atoms with van der Waals surface area (Å²) in [6.07, 6.45) is 0.714. The van der Waals surface area contributed by atoms with Gasteiger partial charge in [-0.2, -0.15) is 5.26 Å². The number of thiophene rings is 1. The van der Waals surface area contributed by atoms with Crippen molar-refractivity contribution in [1.29, 1.82) is 5.26 Å². The molecule has 7 heteroatoms. The number of nitrogens with zero attached hydrogens (tertiary/aromatic N) is 1. The summed E-state index contributed by atoms with van der Waals surface area (Å²) in [7, 11) is 0. The molecule has 0 radical (unpaired) electrons. The third kappa shape index (κ3) is 5.45. The number of hydrogen-bond acceptors (Lipinski definition) is 5. The second kappa shape index (κ2) is 8.56. The quantitative estimate of drug-likeness (QED) is 0.849. The molecule has 0 bridgehead atoms. The molecule has 0 saturated carbocycles. The van der Waals surface area contributed by atoms with Crippen molar-refractivity contribution in [1.82, 2.24) is 10.6 Å². The smallest absolute Gasteiger partial charge is 0.321 e. The maximum atomic E-state index is 11.6. The highest BCUT2D eigenvalue weighted by molar-refractivity contribution is 7.09. The number of rotatable bonds is 6. The van der Waals surface area contributed by atoms with E-state index in [2.05, 4.69) is 10.6 Å². The molecule has 0 aliphatic rings. The van der Waals surface area contributed by atoms with Gasteiger partial charge >= 0.3 is 6.03 Å². The molecule has 3 amide bonds. The van der Waals surface area contributed by atoms with Crippen LogP contribution in [0.2, 0.25) is 0 Å². The van der Waals surface area contributed by atoms with E-state index in [4.69, 9.17) is 10.00 Å². The van der Waals surface area contributed by atoms with Crippen LogP contribution in [0.25, 0.3) is 0 Å². The first-order valence-electron chi connectivity index (χ1n) is 6.91. The molecule has 0 aliphatic heterocycles. The van der Waals surface area contributed by atoms with Crippen LogP contribution in [-0.2, 0) is 11.2 Å². The highest BCUT2D eigenvalue weighted by atomic mass is 32.1. The summed E-state index contributed by atoms with van der Waals surface area (Å²) in [5.41, 5.74) is 0.334. The van der Waals surface area contributed by atoms with Crippen molar-refractivity contribution in [3.8, 4) is 11.8 Å². The second-order valence-corrected chi connectivity index (χ2v) is 5.56. The van der Waals surface area contributed by atoms with Crippen LogP contribution >= 0.6 is 11.3 Å². The molecule has 0 saturated heterocycles. The Hall–Kier alpha value is -2.85. The molecular weight excluding hydrogens is 314 g/mol. The molecule has 6 nitrogen and oxygen atoms in total. The zero-order chi connectivity index (χ0) is 16.5. The molecule has 0 fully saturated rings. The van der Waals surface area contributed by atoms with Crippen LogP contribution in [-0.4, -0.2) is 25.1 Å². The Kier molecular flexibility index (Phi) is 6.15. The topological polar surface area (TPSA) is 91.2 Å². The van der Waals surface area contributed by atoms with Crippen LogP contribution in [0.5, 0.6) is 5.75 Å². The Balaban J connectivity index is 1.69. The van der Waals surface area contributed by atoms with Gasteiger partial charge < -0.3 is 10.1 Å². The average molecular weight is 329 g/mol. The predicted octanol–water partition coefficient (Wildman–Crippen LogP) is 2.07. The first kappa shape index (κ1) is 16.5. The van der Waals surface area contributed by atoms with Crippen molar-refractivity contribution >= 4 is 23.3 Å². The largest absolute Gasteiger partial charge is 0.482 e. The van der Waals surface area contributed by atoms with Gasteiger partial charge in [-0.05, 0) is 30.0 Å². The number of urea groups is 1. The highest BCUT2D eigenvalue weighted by Gasteiger charge is 2.09. The zero-order valence-corrected chi connectivity index (χ0v) is 13.1. The Labute approximate surface area is 137 Å². The summed E-state index contributed by atoms with van der Waals surface area (Å²) in [4.78, 5) is 24.4. The lowest BCUT2D eigenvalue weighted by molar-refractivity contribution is -0.122. The van der Waals surface area contributed by atoms with Crippen molar-refractivity contribution in [3.63, 3.8) is 0 Å². The van der Waals surface area contributed by atoms with Crippen LogP contribution in [0.1, 0.15) is 10.4 Å². The van der Waals surface area contributed by atoms with Gasteiger partial charge in [-0.15, -0.1) is 11.3 Å². The van der Waals surface area contributed by atoms with E-state index in [1.165, 1.54) is 0 Å². The zero-order valence-electron chi connectivity index (χ0n) is 12.2. The SMILES string of the molecule is N#Cc1ccccc1OCC(=O)NC(=O)NCCc1cccs1. The van der Waals surface area contributed by atoms with Crippen molar-refractivity contribution in [2.45, 2.75) is 6.42 Å². The highest BCUT2D eigenvalue weighted by Crippen LogP contribution is 2.16. The van der Waals surface area contributed by atoms with E-state index in [-0.39, 0.29) is 6.61 Å². The van der Waals surface area contributed by atoms with E-state index in [0.717, 1.165) is 4.88 Å². The molecular formula is C16H15N3O3S. The van der Waals surface area contributed by atoms with Gasteiger partial charge in [0.25, 0.3) is 5.91 Å². The van der Waals surface area contributed by atoms with Gasteiger partial charge in [-0.25, -0.2) is 4.79 Å². The van der Waals surface area contributed by atoms with Crippen molar-refractivity contribution in [2.24, 2.45) is 0 Å². The summed E-state index contributed by atoms with van der Waals surface area (Å²) >= 11 is 1.61. The number of amides is 3. The third-order valence-electron chi connectivity index (χ3n) is 2.86. The molecule has 1 heterocycles. The molecule has 2 aromatic rings. The van der Waals surface area contributed by atoms with Crippen molar-refractivity contribution < 1.29 is 14.3 Å². The van der Waals surface area contributed by atoms with Crippen LogP contribution in [0.15, 0.2) is 41.8 Å². The van der Waals surface area contributed by atoms with E-state index < -0.39 is 11.9 Å². The summed E-state index contributed by atoms with van der Waals surface area (Å²) in [6.45, 7) is 0.106. The molecule has 118 valence electrons. The fourth-order valence-corrected chi connectivity index (χ4v) is 2.50. The van der Waals surface area contributed by atoms with Crippen LogP contribution in [0, 0.1) is 11.3 Å². The Morgan fingerprint density at radius 2 is 2.04 bits per heavy atom. The van der Waals surface area contributed by atoms with E-state index in [1.807, 2.05) is 23.6 Å². The van der Waals surface area contributed by atoms with Gasteiger partial charge in [0.15, 0.2) is 6.61 Å². The van der Waals surface area contributed by atoms with Gasteiger partial charge in [0.1, 0.15) is 11.8 Å². The average Bonchev–Trinajstić information content (AvgIpc) is 3.06. The number of ether oxygens (including phenoxy) is 1. The number of nitrogens with one attached hydrogen (secondary N) is 2. The van der Waals surface area contributed by atoms with E-state index in [9.17, 15) is 9.59 Å². The number of hydrogen-bond donors (Lipinski definition) is 2. The van der Waals surface area contributed by atoms with E-state index >= 15 is 0 Å². The number of benzene rings is 1. The second-order valence-electron chi connectivity index (χ2n) is 4.53. The monoisotopic (exact) mass is 329 g/mol. The fourth-order valence-electron chi connectivity index (χ4n) is 1.79. The summed E-state index contributed by atoms with van der Waals surface area (Å²) in [5.74, 6) is -0.269. The lowest BCUT2D eigenvalue weighted by Gasteiger charge is -2.08. The van der Waals surface area contributed by atoms with Gasteiger partial charge in [0.2, 0.25) is 0 Å². The fraction of sp³-hybridized carbons (Fsp3) is 0.188. The Bertz CT molecular complexity index is 708. The van der Waals surface area contributed by atoms with E-state index in [1.54, 1.807) is 35.6 Å². The number of imide groups is 1. The van der Waals surface area contributed by atoms with E-state index in [0.29, 0.717) is 24.3 Å². The minimum atomic E-state index is -0.577. The number of para-hydroxylation sites is 1. The molecule has 0 spiro atoms. The summed E-state index contributed by atoms with van der Waals surface area (Å²) < 4.78 is 5.24. The minimum Gasteiger partial charge on any atom is -0.482 e. The molecule has 2 rings (SSSR count). The first-order chi connectivity index (χ1) is 11.2. The molecule has 1 aromatic heterocycles. The van der Waals surface area contributed by atoms with Crippen molar-refractivity contribution in [2.75, 3.05) is 13.2 Å². The maximum absolute atomic E-state index is 11.6. The van der Waals surface area contributed by atoms with Gasteiger partial charge in [0, 0.05) is 11.4 Å². The standard InChI is InChI=1S/C16H15N3O3S/c17-10-12-4-1-2-6-14(12)22-11-15(20)19-16(21)18-8-7-13-5-3-9-23-13/h1-6,9H,7-8,11H2,(H2,18,19,20,21). The summed E-state index contributed by atoms with van der Waals surface area (Å²) in [5, 5.41) is 15.7. The third-order valence-corrected chi connectivity index (χ3v) is 3.79. The van der Waals surface area contributed by atoms with Crippen LogP contribution < -0.4 is 15.4 Å². The number of carbonyl (C=O) groups excluding carboxylic acids is 2. The first-order valence-corrected chi connectivity index (χ1v) is 7.79. The Morgan fingerprint density at radius 3 is 2.78 bits per heavy atom. The molecule has 0 atom stereocenters. The van der Waals surface area contributed by atoms with Gasteiger partial charge in [-0.1, -0.05) is 18.2 Å². The maximum Gasteiger partial charge on any atom is 0.321 e. The summed E-state index contributed by atoms with van der Waals surface area (Å²) in [6, 6.07) is 11.9. The lowest BCUT2D eigenvalue weighted by atomic mass is 10.2.